The fraction of sp³-hybridized carbons (Fsp3) is 0.273. The average Bonchev–Trinajstić information content (AvgIpc) is 2.60. The van der Waals surface area contributed by atoms with Gasteiger partial charge in [-0.25, -0.2) is 0 Å². The van der Waals surface area contributed by atoms with E-state index in [-0.39, 0.29) is 6.61 Å². The molecule has 0 aliphatic heterocycles. The molecule has 0 bridgehead atoms. The number of hydrogen-bond acceptors (Lipinski definition) is 3. The molecular formula is C11H13NOS. The molecule has 2 rings (SSSR count). The number of fused-ring (bicyclic) bond motifs is 1. The first-order valence-electron chi connectivity index (χ1n) is 4.69. The fourth-order valence-electron chi connectivity index (χ4n) is 1.41. The summed E-state index contributed by atoms with van der Waals surface area (Å²) in [6.45, 7) is 1.71. The third-order valence-corrected chi connectivity index (χ3v) is 3.18. The van der Waals surface area contributed by atoms with Crippen LogP contribution in [0, 0.1) is 0 Å². The van der Waals surface area contributed by atoms with Crippen LogP contribution in [0.2, 0.25) is 0 Å². The first kappa shape index (κ1) is 9.65. The van der Waals surface area contributed by atoms with Crippen LogP contribution in [0.4, 0.5) is 0 Å². The summed E-state index contributed by atoms with van der Waals surface area (Å²) in [7, 11) is 0. The molecule has 1 heterocycles. The Labute approximate surface area is 87.2 Å². The number of thiophene rings is 1. The number of benzene rings is 1. The molecule has 2 N–H and O–H groups in total. The second-order valence-electron chi connectivity index (χ2n) is 3.15. The van der Waals surface area contributed by atoms with Crippen molar-refractivity contribution < 1.29 is 5.11 Å². The van der Waals surface area contributed by atoms with Gasteiger partial charge < -0.3 is 10.4 Å². The molecular weight excluding hydrogens is 194 g/mol. The van der Waals surface area contributed by atoms with Crippen LogP contribution >= 0.6 is 11.3 Å². The van der Waals surface area contributed by atoms with Gasteiger partial charge in [0.05, 0.1) is 6.61 Å². The quantitative estimate of drug-likeness (QED) is 0.751. The first-order valence-corrected chi connectivity index (χ1v) is 5.51. The van der Waals surface area contributed by atoms with Crippen LogP contribution in [0.5, 0.6) is 0 Å². The van der Waals surface area contributed by atoms with Crippen LogP contribution in [0.1, 0.15) is 4.88 Å². The molecule has 0 unspecified atom stereocenters. The number of aliphatic hydroxyl groups is 1. The number of nitrogens with one attached hydrogen (secondary N) is 1. The van der Waals surface area contributed by atoms with Gasteiger partial charge in [0.2, 0.25) is 0 Å². The molecule has 0 aliphatic carbocycles. The Morgan fingerprint density at radius 1 is 1.29 bits per heavy atom. The zero-order valence-corrected chi connectivity index (χ0v) is 8.68. The predicted octanol–water partition coefficient (Wildman–Crippen LogP) is 1.98. The molecule has 3 heteroatoms. The molecule has 0 atom stereocenters. The van der Waals surface area contributed by atoms with Crippen LogP contribution in [0.15, 0.2) is 30.3 Å². The van der Waals surface area contributed by atoms with Gasteiger partial charge in [-0.1, -0.05) is 18.2 Å². The normalized spacial score (nSPS) is 10.9. The van der Waals surface area contributed by atoms with E-state index in [1.807, 2.05) is 0 Å². The lowest BCUT2D eigenvalue weighted by atomic mass is 10.2. The van der Waals surface area contributed by atoms with Crippen molar-refractivity contribution in [3.63, 3.8) is 0 Å². The smallest absolute Gasteiger partial charge is 0.0556 e. The number of rotatable bonds is 4. The van der Waals surface area contributed by atoms with Crippen LogP contribution < -0.4 is 5.32 Å². The molecule has 0 radical (unpaired) electrons. The van der Waals surface area contributed by atoms with E-state index in [0.29, 0.717) is 6.54 Å². The molecule has 74 valence electrons. The fourth-order valence-corrected chi connectivity index (χ4v) is 2.45. The molecule has 0 spiro atoms. The maximum atomic E-state index is 8.62. The summed E-state index contributed by atoms with van der Waals surface area (Å²) >= 11 is 1.80. The summed E-state index contributed by atoms with van der Waals surface area (Å²) in [5.41, 5.74) is 0. The van der Waals surface area contributed by atoms with E-state index >= 15 is 0 Å². The molecule has 14 heavy (non-hydrogen) atoms. The lowest BCUT2D eigenvalue weighted by Gasteiger charge is -1.97. The zero-order valence-electron chi connectivity index (χ0n) is 7.86. The largest absolute Gasteiger partial charge is 0.395 e. The van der Waals surface area contributed by atoms with Crippen molar-refractivity contribution in [3.8, 4) is 0 Å². The number of hydrogen-bond donors (Lipinski definition) is 2. The highest BCUT2D eigenvalue weighted by molar-refractivity contribution is 7.19. The lowest BCUT2D eigenvalue weighted by Crippen LogP contribution is -2.16. The minimum absolute atomic E-state index is 0.199. The van der Waals surface area contributed by atoms with E-state index in [2.05, 4.69) is 35.6 Å². The van der Waals surface area contributed by atoms with E-state index in [1.165, 1.54) is 15.0 Å². The lowest BCUT2D eigenvalue weighted by molar-refractivity contribution is 0.292. The van der Waals surface area contributed by atoms with Gasteiger partial charge >= 0.3 is 0 Å². The molecule has 2 nitrogen and oxygen atoms in total. The van der Waals surface area contributed by atoms with E-state index in [9.17, 15) is 0 Å². The van der Waals surface area contributed by atoms with Crippen LogP contribution in [0.3, 0.4) is 0 Å². The van der Waals surface area contributed by atoms with E-state index in [1.54, 1.807) is 11.3 Å². The highest BCUT2D eigenvalue weighted by atomic mass is 32.1. The first-order chi connectivity index (χ1) is 6.90. The Hall–Kier alpha value is -0.900. The Morgan fingerprint density at radius 2 is 2.14 bits per heavy atom. The maximum Gasteiger partial charge on any atom is 0.0556 e. The molecule has 1 aromatic heterocycles. The highest BCUT2D eigenvalue weighted by Crippen LogP contribution is 2.24. The van der Waals surface area contributed by atoms with Crippen LogP contribution in [-0.4, -0.2) is 18.3 Å². The third-order valence-electron chi connectivity index (χ3n) is 2.06. The van der Waals surface area contributed by atoms with Gasteiger partial charge in [0.1, 0.15) is 0 Å². The van der Waals surface area contributed by atoms with E-state index < -0.39 is 0 Å². The topological polar surface area (TPSA) is 32.3 Å². The highest BCUT2D eigenvalue weighted by Gasteiger charge is 1.99. The Bertz CT molecular complexity index is 377. The zero-order chi connectivity index (χ0) is 9.80. The standard InChI is InChI=1S/C11H13NOS/c13-6-5-12-8-10-7-9-3-1-2-4-11(9)14-10/h1-4,7,12-13H,5-6,8H2. The van der Waals surface area contributed by atoms with Gasteiger partial charge in [0.25, 0.3) is 0 Å². The molecule has 0 saturated heterocycles. The maximum absolute atomic E-state index is 8.62. The molecule has 0 amide bonds. The second-order valence-corrected chi connectivity index (χ2v) is 4.32. The van der Waals surface area contributed by atoms with Crippen molar-refractivity contribution in [1.82, 2.24) is 5.32 Å². The molecule has 0 aliphatic rings. The summed E-state index contributed by atoms with van der Waals surface area (Å²) < 4.78 is 1.33. The van der Waals surface area contributed by atoms with E-state index in [4.69, 9.17) is 5.11 Å². The summed E-state index contributed by atoms with van der Waals surface area (Å²) in [4.78, 5) is 1.32. The van der Waals surface area contributed by atoms with Gasteiger partial charge in [-0.15, -0.1) is 11.3 Å². The van der Waals surface area contributed by atoms with Crippen molar-refractivity contribution in [1.29, 1.82) is 0 Å². The Morgan fingerprint density at radius 3 is 2.93 bits per heavy atom. The average molecular weight is 207 g/mol. The predicted molar refractivity (Wildman–Crippen MR) is 60.6 cm³/mol. The van der Waals surface area contributed by atoms with Gasteiger partial charge in [-0.2, -0.15) is 0 Å². The van der Waals surface area contributed by atoms with Crippen molar-refractivity contribution >= 4 is 21.4 Å². The van der Waals surface area contributed by atoms with Crippen molar-refractivity contribution in [2.24, 2.45) is 0 Å². The summed E-state index contributed by atoms with van der Waals surface area (Å²) in [5.74, 6) is 0. The molecule has 2 aromatic rings. The van der Waals surface area contributed by atoms with Gasteiger partial charge in [-0.05, 0) is 17.5 Å². The minimum Gasteiger partial charge on any atom is -0.395 e. The third kappa shape index (κ3) is 2.12. The summed E-state index contributed by atoms with van der Waals surface area (Å²) in [6.07, 6.45) is 0. The summed E-state index contributed by atoms with van der Waals surface area (Å²) in [6, 6.07) is 10.6. The number of aliphatic hydroxyl groups excluding tert-OH is 1. The van der Waals surface area contributed by atoms with Crippen molar-refractivity contribution in [2.75, 3.05) is 13.2 Å². The van der Waals surface area contributed by atoms with Gasteiger partial charge in [0, 0.05) is 22.7 Å². The summed E-state index contributed by atoms with van der Waals surface area (Å²) in [5, 5.41) is 13.1. The van der Waals surface area contributed by atoms with Crippen LogP contribution in [0.25, 0.3) is 10.1 Å². The van der Waals surface area contributed by atoms with Crippen molar-refractivity contribution in [2.45, 2.75) is 6.54 Å². The molecule has 0 saturated carbocycles. The van der Waals surface area contributed by atoms with Gasteiger partial charge in [0.15, 0.2) is 0 Å². The van der Waals surface area contributed by atoms with E-state index in [0.717, 1.165) is 6.54 Å². The Balaban J connectivity index is 2.11. The molecule has 0 fully saturated rings. The minimum atomic E-state index is 0.199. The second kappa shape index (κ2) is 4.55. The van der Waals surface area contributed by atoms with Gasteiger partial charge in [-0.3, -0.25) is 0 Å². The van der Waals surface area contributed by atoms with Crippen molar-refractivity contribution in [3.05, 3.63) is 35.2 Å². The molecule has 1 aromatic carbocycles. The van der Waals surface area contributed by atoms with Crippen LogP contribution in [-0.2, 0) is 6.54 Å². The monoisotopic (exact) mass is 207 g/mol. The SMILES string of the molecule is OCCNCc1cc2ccccc2s1. The Kier molecular flexibility index (Phi) is 3.14.